The molecule has 0 radical (unpaired) electrons. The number of ether oxygens (including phenoxy) is 1. The fourth-order valence-electron chi connectivity index (χ4n) is 3.44. The van der Waals surface area contributed by atoms with Crippen molar-refractivity contribution in [2.24, 2.45) is 5.92 Å². The third-order valence-corrected chi connectivity index (χ3v) is 6.39. The minimum atomic E-state index is -0.964. The molecule has 0 atom stereocenters. The summed E-state index contributed by atoms with van der Waals surface area (Å²) in [5, 5.41) is 33.9. The summed E-state index contributed by atoms with van der Waals surface area (Å²) in [4.78, 5) is 0. The molecule has 2 aromatic rings. The van der Waals surface area contributed by atoms with Crippen LogP contribution in [-0.4, -0.2) is 35.6 Å². The topological polar surface area (TPSA) is 85.6 Å². The molecule has 2 aliphatic rings. The average Bonchev–Trinajstić information content (AvgIpc) is 3.51. The predicted octanol–water partition coefficient (Wildman–Crippen LogP) is 5.11. The maximum Gasteiger partial charge on any atom is 0.121 e. The molecular weight excluding hydrogens is 447 g/mol. The molecule has 0 amide bonds. The predicted molar refractivity (Wildman–Crippen MR) is 119 cm³/mol. The minimum absolute atomic E-state index is 0.0246. The third-order valence-electron chi connectivity index (χ3n) is 5.45. The lowest BCUT2D eigenvalue weighted by atomic mass is 9.88. The van der Waals surface area contributed by atoms with E-state index in [0.29, 0.717) is 50.6 Å². The van der Waals surface area contributed by atoms with E-state index in [9.17, 15) is 10.2 Å². The fourth-order valence-corrected chi connectivity index (χ4v) is 4.37. The van der Waals surface area contributed by atoms with Gasteiger partial charge in [0.25, 0.3) is 0 Å². The molecule has 0 bridgehead atoms. The molecule has 0 unspecified atom stereocenters. The molecule has 158 valence electrons. The van der Waals surface area contributed by atoms with E-state index in [1.54, 1.807) is 36.4 Å². The molecule has 30 heavy (non-hydrogen) atoms. The van der Waals surface area contributed by atoms with E-state index in [1.807, 2.05) is 0 Å². The van der Waals surface area contributed by atoms with Crippen molar-refractivity contribution >= 4 is 40.5 Å². The van der Waals surface area contributed by atoms with Gasteiger partial charge in [0, 0.05) is 30.1 Å². The fraction of sp³-hybridized carbons (Fsp3) is 0.318. The van der Waals surface area contributed by atoms with Crippen LogP contribution >= 0.6 is 34.8 Å². The lowest BCUT2D eigenvalue weighted by Crippen LogP contribution is -2.56. The van der Waals surface area contributed by atoms with Crippen molar-refractivity contribution in [3.63, 3.8) is 0 Å². The Kier molecular flexibility index (Phi) is 6.02. The zero-order chi connectivity index (χ0) is 21.5. The molecule has 5 nitrogen and oxygen atoms in total. The van der Waals surface area contributed by atoms with Crippen LogP contribution in [0, 0.1) is 11.3 Å². The van der Waals surface area contributed by atoms with Crippen LogP contribution in [0.15, 0.2) is 47.7 Å². The van der Waals surface area contributed by atoms with Crippen LogP contribution < -0.4 is 10.1 Å². The number of hydrogen-bond donors (Lipinski definition) is 4. The van der Waals surface area contributed by atoms with Crippen molar-refractivity contribution in [2.75, 3.05) is 19.7 Å². The van der Waals surface area contributed by atoms with Crippen LogP contribution in [-0.2, 0) is 5.60 Å². The first-order valence-electron chi connectivity index (χ1n) is 9.61. The summed E-state index contributed by atoms with van der Waals surface area (Å²) in [7, 11) is 0. The number of nitrogens with one attached hydrogen (secondary N) is 2. The first-order chi connectivity index (χ1) is 14.3. The van der Waals surface area contributed by atoms with Crippen LogP contribution in [0.4, 0.5) is 0 Å². The van der Waals surface area contributed by atoms with Gasteiger partial charge in [0.2, 0.25) is 0 Å². The molecular formula is C22H21Cl3N2O3. The highest BCUT2D eigenvalue weighted by molar-refractivity contribution is 6.41. The Bertz CT molecular complexity index is 1010. The maximum atomic E-state index is 10.7. The zero-order valence-electron chi connectivity index (χ0n) is 16.0. The Balaban J connectivity index is 1.58. The normalized spacial score (nSPS) is 18.4. The van der Waals surface area contributed by atoms with E-state index < -0.39 is 5.60 Å². The number of hydrogen-bond acceptors (Lipinski definition) is 5. The zero-order valence-corrected chi connectivity index (χ0v) is 18.3. The summed E-state index contributed by atoms with van der Waals surface area (Å²) in [6, 6.07) is 10.1. The van der Waals surface area contributed by atoms with Crippen molar-refractivity contribution in [1.82, 2.24) is 5.32 Å². The summed E-state index contributed by atoms with van der Waals surface area (Å²) in [5.74, 6) is 0.629. The van der Waals surface area contributed by atoms with Gasteiger partial charge in [-0.2, -0.15) is 0 Å². The molecule has 2 aromatic carbocycles. The van der Waals surface area contributed by atoms with Crippen LogP contribution in [0.25, 0.3) is 0 Å². The average molecular weight is 468 g/mol. The first kappa shape index (κ1) is 21.5. The molecule has 1 aliphatic heterocycles. The second-order valence-corrected chi connectivity index (χ2v) is 8.90. The number of benzene rings is 2. The largest absolute Gasteiger partial charge is 0.512 e. The quantitative estimate of drug-likeness (QED) is 0.337. The lowest BCUT2D eigenvalue weighted by Gasteiger charge is -2.38. The smallest absolute Gasteiger partial charge is 0.121 e. The van der Waals surface area contributed by atoms with Gasteiger partial charge in [0.1, 0.15) is 23.7 Å². The highest BCUT2D eigenvalue weighted by atomic mass is 35.5. The molecule has 1 saturated heterocycles. The molecule has 4 N–H and O–H groups in total. The van der Waals surface area contributed by atoms with Crippen LogP contribution in [0.1, 0.15) is 24.0 Å². The van der Waals surface area contributed by atoms with Crippen LogP contribution in [0.3, 0.4) is 0 Å². The van der Waals surface area contributed by atoms with Crippen LogP contribution in [0.5, 0.6) is 5.75 Å². The highest BCUT2D eigenvalue weighted by Crippen LogP contribution is 2.39. The van der Waals surface area contributed by atoms with E-state index in [1.165, 1.54) is 0 Å². The molecule has 1 heterocycles. The molecule has 2 fully saturated rings. The summed E-state index contributed by atoms with van der Waals surface area (Å²) >= 11 is 18.9. The van der Waals surface area contributed by atoms with Gasteiger partial charge in [-0.1, -0.05) is 46.9 Å². The number of allylic oxidation sites excluding steroid dienone is 1. The number of halogens is 3. The lowest BCUT2D eigenvalue weighted by molar-refractivity contribution is -0.0145. The van der Waals surface area contributed by atoms with Crippen molar-refractivity contribution < 1.29 is 14.9 Å². The number of rotatable bonds is 7. The Morgan fingerprint density at radius 1 is 1.10 bits per heavy atom. The summed E-state index contributed by atoms with van der Waals surface area (Å²) in [6.07, 6.45) is 1.73. The van der Waals surface area contributed by atoms with Crippen molar-refractivity contribution in [2.45, 2.75) is 18.4 Å². The molecule has 4 rings (SSSR count). The molecule has 0 spiro atoms. The van der Waals surface area contributed by atoms with Gasteiger partial charge >= 0.3 is 0 Å². The van der Waals surface area contributed by atoms with E-state index >= 15 is 0 Å². The monoisotopic (exact) mass is 466 g/mol. The van der Waals surface area contributed by atoms with E-state index in [4.69, 9.17) is 44.9 Å². The molecule has 0 aromatic heterocycles. The Morgan fingerprint density at radius 3 is 2.30 bits per heavy atom. The van der Waals surface area contributed by atoms with E-state index in [-0.39, 0.29) is 24.0 Å². The van der Waals surface area contributed by atoms with Crippen LogP contribution in [0.2, 0.25) is 15.1 Å². The van der Waals surface area contributed by atoms with Gasteiger partial charge in [0.05, 0.1) is 26.4 Å². The number of β-amino-alcohol motifs (C(OH)–C–C–N with tert-alkyl or cyclic N) is 1. The van der Waals surface area contributed by atoms with E-state index in [0.717, 1.165) is 12.8 Å². The molecule has 1 aliphatic carbocycles. The van der Waals surface area contributed by atoms with Gasteiger partial charge in [-0.05, 0) is 37.1 Å². The van der Waals surface area contributed by atoms with Gasteiger partial charge in [-0.3, -0.25) is 5.41 Å². The third kappa shape index (κ3) is 4.18. The number of aliphatic hydroxyl groups excluding tert-OH is 1. The minimum Gasteiger partial charge on any atom is -0.512 e. The van der Waals surface area contributed by atoms with Gasteiger partial charge < -0.3 is 20.3 Å². The van der Waals surface area contributed by atoms with Gasteiger partial charge in [-0.25, -0.2) is 0 Å². The van der Waals surface area contributed by atoms with Gasteiger partial charge in [-0.15, -0.1) is 0 Å². The van der Waals surface area contributed by atoms with Gasteiger partial charge in [0.15, 0.2) is 0 Å². The Labute approximate surface area is 189 Å². The first-order valence-corrected chi connectivity index (χ1v) is 10.7. The summed E-state index contributed by atoms with van der Waals surface area (Å²) in [6.45, 7) is 0.861. The van der Waals surface area contributed by atoms with Crippen molar-refractivity contribution in [1.29, 1.82) is 5.41 Å². The molecule has 8 heteroatoms. The standard InChI is InChI=1S/C22H21Cl3N2O3/c23-16-2-1-3-17(24)19(16)20(26)14(21(28)12-4-5-12)9-30-13-6-7-15(18(25)8-13)22(29)10-27-11-22/h1-3,6-8,12,26-29H,4-5,9-11H2/b21-14-,26-20?. The summed E-state index contributed by atoms with van der Waals surface area (Å²) < 4.78 is 5.86. The molecule has 1 saturated carbocycles. The Morgan fingerprint density at radius 2 is 1.77 bits per heavy atom. The summed E-state index contributed by atoms with van der Waals surface area (Å²) in [5.41, 5.74) is 0.415. The van der Waals surface area contributed by atoms with E-state index in [2.05, 4.69) is 5.32 Å². The highest BCUT2D eigenvalue weighted by Gasteiger charge is 2.38. The Hall–Kier alpha value is -1.76. The van der Waals surface area contributed by atoms with Crippen molar-refractivity contribution in [3.05, 3.63) is 73.9 Å². The number of aliphatic hydroxyl groups is 2. The SMILES string of the molecule is N=C(/C(COc1ccc(C2(O)CNC2)c(Cl)c1)=C(\O)C1CC1)c1c(Cl)cccc1Cl. The van der Waals surface area contributed by atoms with Crippen molar-refractivity contribution in [3.8, 4) is 5.75 Å². The maximum absolute atomic E-state index is 10.7. The second-order valence-electron chi connectivity index (χ2n) is 7.68. The second kappa shape index (κ2) is 8.40.